The average molecular weight is 300 g/mol. The van der Waals surface area contributed by atoms with Gasteiger partial charge in [-0.25, -0.2) is 0 Å². The van der Waals surface area contributed by atoms with Crippen LogP contribution in [-0.4, -0.2) is 41.9 Å². The Balaban J connectivity index is 2.64. The van der Waals surface area contributed by atoms with Crippen LogP contribution in [0.15, 0.2) is 18.2 Å². The zero-order valence-electron chi connectivity index (χ0n) is 11.6. The lowest BCUT2D eigenvalue weighted by Gasteiger charge is -2.17. The van der Waals surface area contributed by atoms with Gasteiger partial charge in [0.1, 0.15) is 5.02 Å². The van der Waals surface area contributed by atoms with Gasteiger partial charge in [-0.3, -0.25) is 14.9 Å². The van der Waals surface area contributed by atoms with Gasteiger partial charge in [0.15, 0.2) is 0 Å². The summed E-state index contributed by atoms with van der Waals surface area (Å²) >= 11 is 5.70. The molecule has 0 saturated heterocycles. The summed E-state index contributed by atoms with van der Waals surface area (Å²) in [7, 11) is 0. The van der Waals surface area contributed by atoms with Gasteiger partial charge in [-0.1, -0.05) is 25.4 Å². The van der Waals surface area contributed by atoms with E-state index >= 15 is 0 Å². The van der Waals surface area contributed by atoms with Gasteiger partial charge in [0, 0.05) is 24.7 Å². The van der Waals surface area contributed by atoms with Crippen molar-refractivity contribution in [2.24, 2.45) is 0 Å². The van der Waals surface area contributed by atoms with Crippen LogP contribution in [0, 0.1) is 10.1 Å². The van der Waals surface area contributed by atoms with Gasteiger partial charge in [-0.15, -0.1) is 0 Å². The van der Waals surface area contributed by atoms with Crippen LogP contribution in [0.2, 0.25) is 5.02 Å². The number of nitro benzene ring substituents is 1. The molecule has 0 atom stereocenters. The summed E-state index contributed by atoms with van der Waals surface area (Å²) in [6.07, 6.45) is 0. The lowest BCUT2D eigenvalue weighted by atomic mass is 10.2. The highest BCUT2D eigenvalue weighted by Gasteiger charge is 2.16. The topological polar surface area (TPSA) is 75.5 Å². The third-order valence-corrected chi connectivity index (χ3v) is 3.33. The molecule has 110 valence electrons. The van der Waals surface area contributed by atoms with E-state index in [4.69, 9.17) is 11.6 Å². The highest BCUT2D eigenvalue weighted by Crippen LogP contribution is 2.24. The van der Waals surface area contributed by atoms with Crippen molar-refractivity contribution in [2.75, 3.05) is 26.2 Å². The smallest absolute Gasteiger partial charge is 0.288 e. The van der Waals surface area contributed by atoms with Gasteiger partial charge in [-0.05, 0) is 25.2 Å². The first kappa shape index (κ1) is 16.4. The van der Waals surface area contributed by atoms with E-state index in [-0.39, 0.29) is 22.2 Å². The van der Waals surface area contributed by atoms with E-state index in [0.717, 1.165) is 19.6 Å². The molecule has 0 aliphatic heterocycles. The molecular weight excluding hydrogens is 282 g/mol. The number of nitrogens with zero attached hydrogens (tertiary/aromatic N) is 2. The molecular formula is C13H18ClN3O3. The van der Waals surface area contributed by atoms with Crippen LogP contribution >= 0.6 is 11.6 Å². The molecule has 7 heteroatoms. The molecule has 0 spiro atoms. The standard InChI is InChI=1S/C13H18ClN3O3/c1-3-16(4-2)8-7-15-13(18)10-5-6-11(14)12(9-10)17(19)20/h5-6,9H,3-4,7-8H2,1-2H3,(H,15,18). The Hall–Kier alpha value is -1.66. The predicted molar refractivity (Wildman–Crippen MR) is 78.2 cm³/mol. The van der Waals surface area contributed by atoms with Gasteiger partial charge in [-0.2, -0.15) is 0 Å². The normalized spacial score (nSPS) is 10.6. The number of carbonyl (C=O) groups is 1. The maximum atomic E-state index is 11.9. The fourth-order valence-electron chi connectivity index (χ4n) is 1.76. The summed E-state index contributed by atoms with van der Waals surface area (Å²) in [5.41, 5.74) is -0.0243. The second-order valence-corrected chi connectivity index (χ2v) is 4.61. The zero-order chi connectivity index (χ0) is 15.1. The van der Waals surface area contributed by atoms with Gasteiger partial charge in [0.05, 0.1) is 4.92 Å². The second kappa shape index (κ2) is 7.81. The number of halogens is 1. The van der Waals surface area contributed by atoms with Crippen LogP contribution in [0.1, 0.15) is 24.2 Å². The maximum Gasteiger partial charge on any atom is 0.288 e. The molecule has 1 aromatic carbocycles. The molecule has 0 saturated carbocycles. The van der Waals surface area contributed by atoms with Crippen molar-refractivity contribution < 1.29 is 9.72 Å². The Labute approximate surface area is 122 Å². The fraction of sp³-hybridized carbons (Fsp3) is 0.462. The third kappa shape index (κ3) is 4.47. The second-order valence-electron chi connectivity index (χ2n) is 4.21. The Bertz CT molecular complexity index is 490. The molecule has 0 aliphatic carbocycles. The highest BCUT2D eigenvalue weighted by atomic mass is 35.5. The molecule has 1 rings (SSSR count). The lowest BCUT2D eigenvalue weighted by Crippen LogP contribution is -2.34. The van der Waals surface area contributed by atoms with Crippen LogP contribution in [0.5, 0.6) is 0 Å². The first-order chi connectivity index (χ1) is 9.49. The van der Waals surface area contributed by atoms with Crippen molar-refractivity contribution in [2.45, 2.75) is 13.8 Å². The Morgan fingerprint density at radius 3 is 2.60 bits per heavy atom. The number of likely N-dealkylation sites (N-methyl/N-ethyl adjacent to an activating group) is 1. The number of nitro groups is 1. The zero-order valence-corrected chi connectivity index (χ0v) is 12.3. The summed E-state index contributed by atoms with van der Waals surface area (Å²) in [5, 5.41) is 13.5. The molecule has 0 heterocycles. The van der Waals surface area contributed by atoms with E-state index in [2.05, 4.69) is 10.2 Å². The van der Waals surface area contributed by atoms with Crippen LogP contribution in [0.3, 0.4) is 0 Å². The fourth-order valence-corrected chi connectivity index (χ4v) is 1.95. The number of nitrogens with one attached hydrogen (secondary N) is 1. The quantitative estimate of drug-likeness (QED) is 0.619. The number of amides is 1. The number of hydrogen-bond acceptors (Lipinski definition) is 4. The first-order valence-electron chi connectivity index (χ1n) is 6.44. The van der Waals surface area contributed by atoms with Gasteiger partial charge < -0.3 is 10.2 Å². The largest absolute Gasteiger partial charge is 0.351 e. The van der Waals surface area contributed by atoms with Crippen LogP contribution in [0.4, 0.5) is 5.69 Å². The first-order valence-corrected chi connectivity index (χ1v) is 6.81. The van der Waals surface area contributed by atoms with Gasteiger partial charge in [0.2, 0.25) is 0 Å². The molecule has 0 unspecified atom stereocenters. The monoisotopic (exact) mass is 299 g/mol. The highest BCUT2D eigenvalue weighted by molar-refractivity contribution is 6.32. The van der Waals surface area contributed by atoms with E-state index in [0.29, 0.717) is 6.54 Å². The predicted octanol–water partition coefficient (Wildman–Crippen LogP) is 2.32. The van der Waals surface area contributed by atoms with Gasteiger partial charge >= 0.3 is 0 Å². The number of rotatable bonds is 7. The molecule has 20 heavy (non-hydrogen) atoms. The minimum absolute atomic E-state index is 0.0229. The summed E-state index contributed by atoms with van der Waals surface area (Å²) < 4.78 is 0. The van der Waals surface area contributed by atoms with E-state index in [1.165, 1.54) is 18.2 Å². The Morgan fingerprint density at radius 1 is 1.40 bits per heavy atom. The summed E-state index contributed by atoms with van der Waals surface area (Å²) in [6, 6.07) is 4.02. The molecule has 1 aromatic rings. The maximum absolute atomic E-state index is 11.9. The number of hydrogen-bond donors (Lipinski definition) is 1. The molecule has 6 nitrogen and oxygen atoms in total. The minimum atomic E-state index is -0.602. The van der Waals surface area contributed by atoms with Crippen molar-refractivity contribution in [3.8, 4) is 0 Å². The van der Waals surface area contributed by atoms with Crippen molar-refractivity contribution in [1.29, 1.82) is 0 Å². The molecule has 0 aromatic heterocycles. The van der Waals surface area contributed by atoms with E-state index in [1.807, 2.05) is 13.8 Å². The summed E-state index contributed by atoms with van der Waals surface area (Å²) in [6.45, 7) is 7.17. The molecule has 0 fully saturated rings. The molecule has 0 bridgehead atoms. The Kier molecular flexibility index (Phi) is 6.41. The molecule has 1 N–H and O–H groups in total. The van der Waals surface area contributed by atoms with Crippen LogP contribution in [-0.2, 0) is 0 Å². The van der Waals surface area contributed by atoms with Crippen molar-refractivity contribution in [3.05, 3.63) is 38.9 Å². The minimum Gasteiger partial charge on any atom is -0.351 e. The summed E-state index contributed by atoms with van der Waals surface area (Å²) in [5.74, 6) is -0.336. The van der Waals surface area contributed by atoms with Crippen molar-refractivity contribution >= 4 is 23.2 Å². The third-order valence-electron chi connectivity index (χ3n) is 3.01. The lowest BCUT2D eigenvalue weighted by molar-refractivity contribution is -0.384. The Morgan fingerprint density at radius 2 is 2.05 bits per heavy atom. The van der Waals surface area contributed by atoms with E-state index < -0.39 is 4.92 Å². The van der Waals surface area contributed by atoms with E-state index in [1.54, 1.807) is 0 Å². The number of carbonyl (C=O) groups excluding carboxylic acids is 1. The van der Waals surface area contributed by atoms with Crippen LogP contribution < -0.4 is 5.32 Å². The molecule has 1 amide bonds. The number of benzene rings is 1. The van der Waals surface area contributed by atoms with Crippen LogP contribution in [0.25, 0.3) is 0 Å². The van der Waals surface area contributed by atoms with Crippen molar-refractivity contribution in [1.82, 2.24) is 10.2 Å². The average Bonchev–Trinajstić information content (AvgIpc) is 2.43. The molecule has 0 aliphatic rings. The van der Waals surface area contributed by atoms with Gasteiger partial charge in [0.25, 0.3) is 11.6 Å². The SMILES string of the molecule is CCN(CC)CCNC(=O)c1ccc(Cl)c([N+](=O)[O-])c1. The van der Waals surface area contributed by atoms with Crippen molar-refractivity contribution in [3.63, 3.8) is 0 Å². The molecule has 0 radical (unpaired) electrons. The summed E-state index contributed by atoms with van der Waals surface area (Å²) in [4.78, 5) is 24.2. The van der Waals surface area contributed by atoms with E-state index in [9.17, 15) is 14.9 Å².